The summed E-state index contributed by atoms with van der Waals surface area (Å²) in [5.74, 6) is -3.38. The molecule has 1 atom stereocenters. The molecular formula is C18H32O7. The van der Waals surface area contributed by atoms with E-state index in [1.807, 2.05) is 6.92 Å². The number of ketones is 1. The van der Waals surface area contributed by atoms with E-state index in [0.29, 0.717) is 6.42 Å². The Labute approximate surface area is 150 Å². The molecule has 7 heteroatoms. The Kier molecular flexibility index (Phi) is 9.89. The lowest BCUT2D eigenvalue weighted by Gasteiger charge is -2.34. The second kappa shape index (κ2) is 10.5. The second-order valence-corrected chi connectivity index (χ2v) is 6.75. The van der Waals surface area contributed by atoms with Crippen LogP contribution in [0.25, 0.3) is 0 Å². The first-order chi connectivity index (χ1) is 11.6. The molecule has 0 aromatic carbocycles. The number of carbonyl (C=O) groups is 3. The molecule has 0 heterocycles. The number of carbonyl (C=O) groups excluding carboxylic acids is 3. The van der Waals surface area contributed by atoms with Crippen molar-refractivity contribution in [1.29, 1.82) is 0 Å². The Hall–Kier alpha value is -1.47. The van der Waals surface area contributed by atoms with Crippen LogP contribution in [0.15, 0.2) is 0 Å². The van der Waals surface area contributed by atoms with Crippen molar-refractivity contribution >= 4 is 17.7 Å². The highest BCUT2D eigenvalue weighted by Gasteiger charge is 2.59. The number of esters is 2. The lowest BCUT2D eigenvalue weighted by Crippen LogP contribution is -2.58. The first-order valence-electron chi connectivity index (χ1n) is 8.80. The van der Waals surface area contributed by atoms with E-state index in [1.165, 1.54) is 6.92 Å². The molecule has 0 amide bonds. The van der Waals surface area contributed by atoms with Gasteiger partial charge in [-0.1, -0.05) is 20.3 Å². The van der Waals surface area contributed by atoms with Gasteiger partial charge in [0.25, 0.3) is 0 Å². The van der Waals surface area contributed by atoms with Crippen LogP contribution in [0.3, 0.4) is 0 Å². The molecule has 0 aromatic rings. The molecule has 0 aromatic heterocycles. The Bertz CT molecular complexity index is 433. The van der Waals surface area contributed by atoms with Gasteiger partial charge in [-0.25, -0.2) is 19.4 Å². The monoisotopic (exact) mass is 360 g/mol. The molecule has 0 spiro atoms. The van der Waals surface area contributed by atoms with Gasteiger partial charge in [0.2, 0.25) is 0 Å². The number of ether oxygens (including phenoxy) is 2. The van der Waals surface area contributed by atoms with Gasteiger partial charge in [-0.2, -0.15) is 0 Å². The van der Waals surface area contributed by atoms with Crippen LogP contribution in [0.2, 0.25) is 0 Å². The third-order valence-corrected chi connectivity index (χ3v) is 3.45. The average Bonchev–Trinajstić information content (AvgIpc) is 2.52. The van der Waals surface area contributed by atoms with Gasteiger partial charge in [0.05, 0.1) is 24.7 Å². The van der Waals surface area contributed by atoms with Crippen LogP contribution < -0.4 is 0 Å². The van der Waals surface area contributed by atoms with Gasteiger partial charge in [0.1, 0.15) is 5.78 Å². The number of hydrogen-bond donors (Lipinski definition) is 0. The van der Waals surface area contributed by atoms with E-state index >= 15 is 0 Å². The van der Waals surface area contributed by atoms with E-state index in [4.69, 9.17) is 19.2 Å². The van der Waals surface area contributed by atoms with Crippen LogP contribution in [0, 0.1) is 5.92 Å². The van der Waals surface area contributed by atoms with E-state index in [2.05, 4.69) is 0 Å². The van der Waals surface area contributed by atoms with Crippen molar-refractivity contribution in [1.82, 2.24) is 0 Å². The SMILES string of the molecule is CCCCC(=O)C(C)C(OOC(C)(C)C)(C(=O)OCC)C(=O)OCC. The highest BCUT2D eigenvalue weighted by molar-refractivity contribution is 6.08. The number of hydrogen-bond acceptors (Lipinski definition) is 7. The highest BCUT2D eigenvalue weighted by atomic mass is 17.2. The van der Waals surface area contributed by atoms with Crippen LogP contribution in [0.5, 0.6) is 0 Å². The van der Waals surface area contributed by atoms with Gasteiger partial charge in [0.15, 0.2) is 0 Å². The van der Waals surface area contributed by atoms with Gasteiger partial charge in [-0.15, -0.1) is 0 Å². The van der Waals surface area contributed by atoms with Crippen molar-refractivity contribution in [3.05, 3.63) is 0 Å². The Morgan fingerprint density at radius 2 is 1.36 bits per heavy atom. The molecular weight excluding hydrogens is 328 g/mol. The summed E-state index contributed by atoms with van der Waals surface area (Å²) in [7, 11) is 0. The predicted molar refractivity (Wildman–Crippen MR) is 91.6 cm³/mol. The lowest BCUT2D eigenvalue weighted by atomic mass is 9.83. The van der Waals surface area contributed by atoms with Crippen molar-refractivity contribution in [2.45, 2.75) is 78.9 Å². The average molecular weight is 360 g/mol. The van der Waals surface area contributed by atoms with Gasteiger partial charge >= 0.3 is 17.5 Å². The van der Waals surface area contributed by atoms with Crippen LogP contribution in [0.1, 0.15) is 67.7 Å². The van der Waals surface area contributed by atoms with E-state index in [-0.39, 0.29) is 25.4 Å². The fourth-order valence-corrected chi connectivity index (χ4v) is 2.04. The zero-order valence-corrected chi connectivity index (χ0v) is 16.5. The van der Waals surface area contributed by atoms with Crippen molar-refractivity contribution in [2.75, 3.05) is 13.2 Å². The van der Waals surface area contributed by atoms with Crippen LogP contribution in [0.4, 0.5) is 0 Å². The summed E-state index contributed by atoms with van der Waals surface area (Å²) in [4.78, 5) is 48.4. The summed E-state index contributed by atoms with van der Waals surface area (Å²) in [6.45, 7) is 11.7. The molecule has 0 rings (SSSR count). The molecule has 0 radical (unpaired) electrons. The third-order valence-electron chi connectivity index (χ3n) is 3.45. The third kappa shape index (κ3) is 6.74. The molecule has 0 bridgehead atoms. The van der Waals surface area contributed by atoms with E-state index < -0.39 is 29.1 Å². The number of rotatable bonds is 11. The molecule has 0 fully saturated rings. The van der Waals surface area contributed by atoms with Crippen LogP contribution in [-0.2, 0) is 33.6 Å². The number of unbranched alkanes of at least 4 members (excludes halogenated alkanes) is 1. The highest BCUT2D eigenvalue weighted by Crippen LogP contribution is 2.31. The fraction of sp³-hybridized carbons (Fsp3) is 0.833. The van der Waals surface area contributed by atoms with Gasteiger partial charge < -0.3 is 9.47 Å². The maximum Gasteiger partial charge on any atom is 0.354 e. The van der Waals surface area contributed by atoms with Gasteiger partial charge in [-0.05, 0) is 41.0 Å². The standard InChI is InChI=1S/C18H32O7/c1-8-11-12-14(19)13(4)18(15(20)22-9-2,16(21)23-10-3)25-24-17(5,6)7/h13H,8-12H2,1-7H3. The summed E-state index contributed by atoms with van der Waals surface area (Å²) >= 11 is 0. The minimum absolute atomic E-state index is 0.0226. The summed E-state index contributed by atoms with van der Waals surface area (Å²) in [5.41, 5.74) is -3.10. The maximum atomic E-state index is 12.6. The molecule has 1 unspecified atom stereocenters. The molecule has 0 saturated heterocycles. The first-order valence-corrected chi connectivity index (χ1v) is 8.80. The minimum Gasteiger partial charge on any atom is -0.463 e. The Morgan fingerprint density at radius 3 is 1.72 bits per heavy atom. The molecule has 0 aliphatic carbocycles. The fourth-order valence-electron chi connectivity index (χ4n) is 2.04. The topological polar surface area (TPSA) is 88.1 Å². The molecule has 7 nitrogen and oxygen atoms in total. The molecule has 146 valence electrons. The van der Waals surface area contributed by atoms with Crippen molar-refractivity contribution < 1.29 is 33.6 Å². The number of Topliss-reactive ketones (excluding diaryl/α,β-unsaturated/α-hetero) is 1. The molecule has 0 aliphatic rings. The van der Waals surface area contributed by atoms with Crippen LogP contribution >= 0.6 is 0 Å². The Balaban J connectivity index is 5.91. The zero-order valence-electron chi connectivity index (χ0n) is 16.5. The summed E-state index contributed by atoms with van der Waals surface area (Å²) in [6.07, 6.45) is 1.67. The molecule has 0 N–H and O–H groups in total. The van der Waals surface area contributed by atoms with Crippen molar-refractivity contribution in [3.63, 3.8) is 0 Å². The van der Waals surface area contributed by atoms with E-state index in [9.17, 15) is 14.4 Å². The maximum absolute atomic E-state index is 12.6. The normalized spacial score (nSPS) is 13.2. The largest absolute Gasteiger partial charge is 0.463 e. The molecule has 25 heavy (non-hydrogen) atoms. The summed E-state index contributed by atoms with van der Waals surface area (Å²) in [5, 5.41) is 0. The quantitative estimate of drug-likeness (QED) is 0.242. The predicted octanol–water partition coefficient (Wildman–Crippen LogP) is 2.99. The van der Waals surface area contributed by atoms with Gasteiger partial charge in [0, 0.05) is 6.42 Å². The summed E-state index contributed by atoms with van der Waals surface area (Å²) in [6, 6.07) is 0. The van der Waals surface area contributed by atoms with Crippen molar-refractivity contribution in [3.8, 4) is 0 Å². The minimum atomic E-state index is -2.29. The first kappa shape index (κ1) is 23.5. The van der Waals surface area contributed by atoms with E-state index in [0.717, 1.165) is 6.42 Å². The zero-order chi connectivity index (χ0) is 19.7. The molecule has 0 aliphatic heterocycles. The second-order valence-electron chi connectivity index (χ2n) is 6.75. The molecule has 0 saturated carbocycles. The van der Waals surface area contributed by atoms with Gasteiger partial charge in [-0.3, -0.25) is 4.79 Å². The van der Waals surface area contributed by atoms with Crippen molar-refractivity contribution in [2.24, 2.45) is 5.92 Å². The summed E-state index contributed by atoms with van der Waals surface area (Å²) < 4.78 is 10.0. The lowest BCUT2D eigenvalue weighted by molar-refractivity contribution is -0.395. The van der Waals surface area contributed by atoms with E-state index in [1.54, 1.807) is 34.6 Å². The van der Waals surface area contributed by atoms with Crippen LogP contribution in [-0.4, -0.2) is 42.1 Å². The smallest absolute Gasteiger partial charge is 0.354 e. The Morgan fingerprint density at radius 1 is 0.880 bits per heavy atom.